The maximum absolute atomic E-state index is 10.9. The summed E-state index contributed by atoms with van der Waals surface area (Å²) in [5.41, 5.74) is 1.27. The molecule has 0 aliphatic heterocycles. The molecule has 0 saturated heterocycles. The van der Waals surface area contributed by atoms with Gasteiger partial charge in [0.05, 0.1) is 12.2 Å². The molecular weight excluding hydrogens is 312 g/mol. The van der Waals surface area contributed by atoms with E-state index in [-0.39, 0.29) is 18.2 Å². The first-order valence-electron chi connectivity index (χ1n) is 10.0. The van der Waals surface area contributed by atoms with Gasteiger partial charge in [-0.3, -0.25) is 4.79 Å². The number of hydrogen-bond acceptors (Lipinski definition) is 3. The third-order valence-electron chi connectivity index (χ3n) is 4.40. The predicted octanol–water partition coefficient (Wildman–Crippen LogP) is 6.72. The fourth-order valence-electron chi connectivity index (χ4n) is 2.84. The highest BCUT2D eigenvalue weighted by Gasteiger charge is 2.12. The van der Waals surface area contributed by atoms with E-state index in [1.54, 1.807) is 0 Å². The van der Waals surface area contributed by atoms with Crippen LogP contribution in [0.4, 0.5) is 0 Å². The quantitative estimate of drug-likeness (QED) is 0.142. The van der Waals surface area contributed by atoms with Gasteiger partial charge in [-0.15, -0.1) is 0 Å². The van der Waals surface area contributed by atoms with Crippen LogP contribution < -0.4 is 0 Å². The van der Waals surface area contributed by atoms with Crippen LogP contribution in [-0.4, -0.2) is 18.2 Å². The normalized spacial score (nSPS) is 14.2. The van der Waals surface area contributed by atoms with E-state index in [1.807, 2.05) is 6.92 Å². The predicted molar refractivity (Wildman–Crippen MR) is 107 cm³/mol. The SMILES string of the molecule is C=C(C[C@@H](C)O[C@H](C)/C(C)=C/CCCCCCCCCC)OC(C)=O. The van der Waals surface area contributed by atoms with Gasteiger partial charge >= 0.3 is 5.97 Å². The average Bonchev–Trinajstić information content (AvgIpc) is 2.51. The van der Waals surface area contributed by atoms with Gasteiger partial charge in [0.1, 0.15) is 5.76 Å². The van der Waals surface area contributed by atoms with Crippen LogP contribution in [0.5, 0.6) is 0 Å². The van der Waals surface area contributed by atoms with Crippen molar-refractivity contribution in [2.75, 3.05) is 0 Å². The number of esters is 1. The smallest absolute Gasteiger partial charge is 0.307 e. The van der Waals surface area contributed by atoms with Gasteiger partial charge in [0.15, 0.2) is 0 Å². The summed E-state index contributed by atoms with van der Waals surface area (Å²) in [4.78, 5) is 10.9. The lowest BCUT2D eigenvalue weighted by Gasteiger charge is -2.20. The first kappa shape index (κ1) is 23.9. The molecule has 0 aromatic rings. The van der Waals surface area contributed by atoms with Crippen LogP contribution in [0.1, 0.15) is 98.8 Å². The van der Waals surface area contributed by atoms with Crippen LogP contribution in [-0.2, 0) is 14.3 Å². The largest absolute Gasteiger partial charge is 0.432 e. The zero-order valence-electron chi connectivity index (χ0n) is 17.2. The number of carbonyl (C=O) groups is 1. The van der Waals surface area contributed by atoms with Gasteiger partial charge in [-0.05, 0) is 39.2 Å². The second-order valence-corrected chi connectivity index (χ2v) is 7.14. The molecule has 2 atom stereocenters. The Bertz CT molecular complexity index is 398. The Morgan fingerprint density at radius 1 is 1.00 bits per heavy atom. The van der Waals surface area contributed by atoms with Crippen molar-refractivity contribution in [2.45, 2.75) is 111 Å². The fraction of sp³-hybridized carbons (Fsp3) is 0.773. The first-order chi connectivity index (χ1) is 11.9. The van der Waals surface area contributed by atoms with Crippen molar-refractivity contribution in [1.82, 2.24) is 0 Å². The van der Waals surface area contributed by atoms with Crippen LogP contribution in [0.25, 0.3) is 0 Å². The molecule has 0 rings (SSSR count). The summed E-state index contributed by atoms with van der Waals surface area (Å²) in [6, 6.07) is 0. The van der Waals surface area contributed by atoms with Gasteiger partial charge in [-0.2, -0.15) is 0 Å². The van der Waals surface area contributed by atoms with Gasteiger partial charge in [0, 0.05) is 13.3 Å². The van der Waals surface area contributed by atoms with Crippen LogP contribution >= 0.6 is 0 Å². The number of unbranched alkanes of at least 4 members (excludes halogenated alkanes) is 8. The first-order valence-corrected chi connectivity index (χ1v) is 10.0. The summed E-state index contributed by atoms with van der Waals surface area (Å²) in [6.45, 7) is 13.6. The van der Waals surface area contributed by atoms with Crippen LogP contribution in [0, 0.1) is 0 Å². The number of ether oxygens (including phenoxy) is 2. The zero-order valence-corrected chi connectivity index (χ0v) is 17.2. The second kappa shape index (κ2) is 15.2. The standard InChI is InChI=1S/C22H40O3/c1-7-8-9-10-11-12-13-14-15-16-18(2)21(5)24-19(3)17-20(4)25-22(6)23/h16,19,21H,4,7-15,17H2,1-3,5-6H3/b18-16+/t19-,21-/m1/s1. The van der Waals surface area contributed by atoms with E-state index in [0.717, 1.165) is 6.42 Å². The third kappa shape index (κ3) is 14.9. The minimum absolute atomic E-state index is 0.0201. The zero-order chi connectivity index (χ0) is 19.1. The molecule has 0 saturated carbocycles. The van der Waals surface area contributed by atoms with Gasteiger partial charge in [-0.25, -0.2) is 0 Å². The molecule has 0 heterocycles. The maximum atomic E-state index is 10.9. The molecular formula is C22H40O3. The molecule has 0 N–H and O–H groups in total. The van der Waals surface area contributed by atoms with Gasteiger partial charge in [-0.1, -0.05) is 64.5 Å². The van der Waals surface area contributed by atoms with Crippen molar-refractivity contribution in [2.24, 2.45) is 0 Å². The van der Waals surface area contributed by atoms with Crippen molar-refractivity contribution in [1.29, 1.82) is 0 Å². The van der Waals surface area contributed by atoms with Crippen molar-refractivity contribution in [3.63, 3.8) is 0 Å². The fourth-order valence-corrected chi connectivity index (χ4v) is 2.84. The Balaban J connectivity index is 3.84. The summed E-state index contributed by atoms with van der Waals surface area (Å²) in [7, 11) is 0. The molecule has 0 radical (unpaired) electrons. The van der Waals surface area contributed by atoms with E-state index >= 15 is 0 Å². The van der Waals surface area contributed by atoms with E-state index in [1.165, 1.54) is 63.9 Å². The van der Waals surface area contributed by atoms with Gasteiger partial charge in [0.25, 0.3) is 0 Å². The Morgan fingerprint density at radius 3 is 2.12 bits per heavy atom. The maximum Gasteiger partial charge on any atom is 0.307 e. The molecule has 3 nitrogen and oxygen atoms in total. The summed E-state index contributed by atoms with van der Waals surface area (Å²) in [6.07, 6.45) is 14.8. The number of rotatable bonds is 15. The highest BCUT2D eigenvalue weighted by Crippen LogP contribution is 2.16. The number of carbonyl (C=O) groups excluding carboxylic acids is 1. The molecule has 0 unspecified atom stereocenters. The third-order valence-corrected chi connectivity index (χ3v) is 4.40. The van der Waals surface area contributed by atoms with Crippen molar-refractivity contribution in [3.8, 4) is 0 Å². The van der Waals surface area contributed by atoms with E-state index in [0.29, 0.717) is 12.2 Å². The van der Waals surface area contributed by atoms with Crippen LogP contribution in [0.15, 0.2) is 24.0 Å². The van der Waals surface area contributed by atoms with E-state index in [4.69, 9.17) is 9.47 Å². The Morgan fingerprint density at radius 2 is 1.56 bits per heavy atom. The topological polar surface area (TPSA) is 35.5 Å². The lowest BCUT2D eigenvalue weighted by atomic mass is 10.1. The Hall–Kier alpha value is -1.09. The monoisotopic (exact) mass is 352 g/mol. The molecule has 0 aliphatic rings. The summed E-state index contributed by atoms with van der Waals surface area (Å²) in [5.74, 6) is 0.138. The highest BCUT2D eigenvalue weighted by molar-refractivity contribution is 5.67. The summed E-state index contributed by atoms with van der Waals surface area (Å²) >= 11 is 0. The summed E-state index contributed by atoms with van der Waals surface area (Å²) < 4.78 is 10.9. The Kier molecular flexibility index (Phi) is 14.5. The average molecular weight is 353 g/mol. The number of hydrogen-bond donors (Lipinski definition) is 0. The van der Waals surface area contributed by atoms with E-state index in [9.17, 15) is 4.79 Å². The van der Waals surface area contributed by atoms with Crippen molar-refractivity contribution < 1.29 is 14.3 Å². The van der Waals surface area contributed by atoms with Crippen LogP contribution in [0.3, 0.4) is 0 Å². The van der Waals surface area contributed by atoms with Crippen LogP contribution in [0.2, 0.25) is 0 Å². The molecule has 25 heavy (non-hydrogen) atoms. The molecule has 0 spiro atoms. The molecule has 0 fully saturated rings. The lowest BCUT2D eigenvalue weighted by molar-refractivity contribution is -0.137. The molecule has 0 aromatic carbocycles. The van der Waals surface area contributed by atoms with E-state index in [2.05, 4.69) is 33.4 Å². The second-order valence-electron chi connectivity index (χ2n) is 7.14. The highest BCUT2D eigenvalue weighted by atomic mass is 16.5. The van der Waals surface area contributed by atoms with Gasteiger partial charge in [0.2, 0.25) is 0 Å². The Labute approximate surface area is 155 Å². The van der Waals surface area contributed by atoms with Gasteiger partial charge < -0.3 is 9.47 Å². The molecule has 146 valence electrons. The lowest BCUT2D eigenvalue weighted by Crippen LogP contribution is -2.19. The summed E-state index contributed by atoms with van der Waals surface area (Å²) in [5, 5.41) is 0. The minimum Gasteiger partial charge on any atom is -0.432 e. The number of allylic oxidation sites excluding steroid dienone is 1. The van der Waals surface area contributed by atoms with Crippen molar-refractivity contribution >= 4 is 5.97 Å². The molecule has 0 amide bonds. The van der Waals surface area contributed by atoms with E-state index < -0.39 is 0 Å². The molecule has 3 heteroatoms. The molecule has 0 aliphatic carbocycles. The minimum atomic E-state index is -0.327. The molecule has 0 bridgehead atoms. The van der Waals surface area contributed by atoms with Crippen molar-refractivity contribution in [3.05, 3.63) is 24.0 Å². The molecule has 0 aromatic heterocycles.